The van der Waals surface area contributed by atoms with Crippen LogP contribution in [0, 0.1) is 0 Å². The van der Waals surface area contributed by atoms with Gasteiger partial charge < -0.3 is 0 Å². The van der Waals surface area contributed by atoms with Crippen molar-refractivity contribution in [3.05, 3.63) is 59.7 Å². The Hall–Kier alpha value is -0.860. The Labute approximate surface area is 110 Å². The highest BCUT2D eigenvalue weighted by Crippen LogP contribution is 2.59. The number of benzene rings is 2. The molecule has 2 aromatic rings. The Morgan fingerprint density at radius 3 is 1.65 bits per heavy atom. The van der Waals surface area contributed by atoms with Crippen molar-refractivity contribution in [3.8, 4) is 0 Å². The lowest BCUT2D eigenvalue weighted by Gasteiger charge is -2.19. The van der Waals surface area contributed by atoms with E-state index in [1.165, 1.54) is 33.8 Å². The molecule has 4 rings (SSSR count). The molecule has 2 aromatic carbocycles. The van der Waals surface area contributed by atoms with Crippen LogP contribution in [-0.4, -0.2) is 4.08 Å². The summed E-state index contributed by atoms with van der Waals surface area (Å²) in [6.07, 6.45) is 2.40. The number of thioether (sulfide) groups is 2. The molecule has 0 N–H and O–H groups in total. The number of hydrogen-bond donors (Lipinski definition) is 0. The summed E-state index contributed by atoms with van der Waals surface area (Å²) in [6.45, 7) is 0. The van der Waals surface area contributed by atoms with E-state index in [9.17, 15) is 0 Å². The molecule has 0 atom stereocenters. The molecule has 2 aliphatic heterocycles. The van der Waals surface area contributed by atoms with Crippen LogP contribution >= 0.6 is 23.5 Å². The summed E-state index contributed by atoms with van der Waals surface area (Å²) in [7, 11) is 0. The summed E-state index contributed by atoms with van der Waals surface area (Å²) >= 11 is 4.13. The fraction of sp³-hybridized carbons (Fsp3) is 0.200. The first kappa shape index (κ1) is 10.1. The number of fused-ring (bicyclic) bond motifs is 2. The molecule has 0 saturated carbocycles. The Kier molecular flexibility index (Phi) is 2.12. The minimum Gasteiger partial charge on any atom is -0.107 e. The predicted molar refractivity (Wildman–Crippen MR) is 74.7 cm³/mol. The van der Waals surface area contributed by atoms with E-state index in [2.05, 4.69) is 72.1 Å². The molecule has 0 bridgehead atoms. The quantitative estimate of drug-likeness (QED) is 0.686. The van der Waals surface area contributed by atoms with E-state index >= 15 is 0 Å². The maximum Gasteiger partial charge on any atom is 0.0786 e. The van der Waals surface area contributed by atoms with Crippen molar-refractivity contribution < 1.29 is 0 Å². The van der Waals surface area contributed by atoms with E-state index in [1.807, 2.05) is 0 Å². The fourth-order valence-corrected chi connectivity index (χ4v) is 5.96. The lowest BCUT2D eigenvalue weighted by atomic mass is 10.0. The zero-order chi connectivity index (χ0) is 11.3. The lowest BCUT2D eigenvalue weighted by Crippen LogP contribution is -2.17. The summed E-state index contributed by atoms with van der Waals surface area (Å²) in [5.41, 5.74) is 3.05. The molecular formula is C15H12S2. The molecule has 0 radical (unpaired) electrons. The number of hydrogen-bond acceptors (Lipinski definition) is 2. The van der Waals surface area contributed by atoms with Gasteiger partial charge in [0.1, 0.15) is 0 Å². The van der Waals surface area contributed by atoms with E-state index < -0.39 is 0 Å². The van der Waals surface area contributed by atoms with Crippen molar-refractivity contribution in [2.45, 2.75) is 26.7 Å². The molecule has 0 nitrogen and oxygen atoms in total. The van der Waals surface area contributed by atoms with Gasteiger partial charge in [-0.25, -0.2) is 0 Å². The summed E-state index contributed by atoms with van der Waals surface area (Å²) in [4.78, 5) is 2.96. The van der Waals surface area contributed by atoms with Crippen LogP contribution in [-0.2, 0) is 12.8 Å². The summed E-state index contributed by atoms with van der Waals surface area (Å²) in [6, 6.07) is 17.7. The number of rotatable bonds is 0. The van der Waals surface area contributed by atoms with Gasteiger partial charge in [-0.2, -0.15) is 0 Å². The van der Waals surface area contributed by atoms with Crippen LogP contribution in [0.5, 0.6) is 0 Å². The molecule has 0 amide bonds. The molecule has 84 valence electrons. The van der Waals surface area contributed by atoms with Crippen LogP contribution < -0.4 is 0 Å². The van der Waals surface area contributed by atoms with Gasteiger partial charge in [-0.15, -0.1) is 23.5 Å². The molecule has 0 saturated heterocycles. The van der Waals surface area contributed by atoms with Gasteiger partial charge in [0, 0.05) is 9.79 Å². The van der Waals surface area contributed by atoms with Crippen LogP contribution in [0.2, 0.25) is 0 Å². The van der Waals surface area contributed by atoms with Gasteiger partial charge in [0.05, 0.1) is 4.08 Å². The summed E-state index contributed by atoms with van der Waals surface area (Å²) in [5.74, 6) is 0. The molecule has 2 heterocycles. The highest BCUT2D eigenvalue weighted by atomic mass is 32.2. The van der Waals surface area contributed by atoms with Crippen molar-refractivity contribution >= 4 is 23.5 Å². The average Bonchev–Trinajstić information content (AvgIpc) is 2.87. The Morgan fingerprint density at radius 1 is 0.706 bits per heavy atom. The largest absolute Gasteiger partial charge is 0.107 e. The second-order valence-corrected chi connectivity index (χ2v) is 7.79. The minimum atomic E-state index is 0.341. The summed E-state index contributed by atoms with van der Waals surface area (Å²) in [5, 5.41) is 0. The maximum atomic E-state index is 2.28. The van der Waals surface area contributed by atoms with Gasteiger partial charge >= 0.3 is 0 Å². The maximum absolute atomic E-state index is 2.28. The van der Waals surface area contributed by atoms with Gasteiger partial charge in [-0.05, 0) is 36.1 Å². The molecule has 1 spiro atoms. The topological polar surface area (TPSA) is 0 Å². The van der Waals surface area contributed by atoms with E-state index in [-0.39, 0.29) is 0 Å². The first-order chi connectivity index (χ1) is 8.35. The van der Waals surface area contributed by atoms with E-state index in [0.29, 0.717) is 4.08 Å². The molecule has 0 aromatic heterocycles. The third-order valence-corrected chi connectivity index (χ3v) is 6.51. The normalized spacial score (nSPS) is 19.3. The predicted octanol–water partition coefficient (Wildman–Crippen LogP) is 4.38. The molecule has 0 fully saturated rings. The monoisotopic (exact) mass is 256 g/mol. The van der Waals surface area contributed by atoms with E-state index in [1.54, 1.807) is 0 Å². The van der Waals surface area contributed by atoms with Gasteiger partial charge in [0.25, 0.3) is 0 Å². The minimum absolute atomic E-state index is 0.341. The first-order valence-electron chi connectivity index (χ1n) is 5.89. The highest BCUT2D eigenvalue weighted by molar-refractivity contribution is 8.18. The lowest BCUT2D eigenvalue weighted by molar-refractivity contribution is 0.815. The van der Waals surface area contributed by atoms with Gasteiger partial charge in [-0.3, -0.25) is 0 Å². The standard InChI is InChI=1S/C15H12S2/c1-3-7-13-11(5-1)9-15(16-13)10-12-6-2-4-8-14(12)17-15/h1-8H,9-10H2. The second-order valence-electron chi connectivity index (χ2n) is 4.68. The van der Waals surface area contributed by atoms with Crippen LogP contribution in [0.3, 0.4) is 0 Å². The van der Waals surface area contributed by atoms with Crippen molar-refractivity contribution in [3.63, 3.8) is 0 Å². The smallest absolute Gasteiger partial charge is 0.0786 e. The Bertz CT molecular complexity index is 482. The van der Waals surface area contributed by atoms with Crippen LogP contribution in [0.1, 0.15) is 11.1 Å². The molecule has 0 aliphatic carbocycles. The molecular weight excluding hydrogens is 244 g/mol. The zero-order valence-corrected chi connectivity index (χ0v) is 11.0. The third-order valence-electron chi connectivity index (χ3n) is 3.46. The van der Waals surface area contributed by atoms with Gasteiger partial charge in [0.2, 0.25) is 0 Å². The Balaban J connectivity index is 1.72. The van der Waals surface area contributed by atoms with Crippen LogP contribution in [0.4, 0.5) is 0 Å². The fourth-order valence-electron chi connectivity index (χ4n) is 2.71. The molecule has 2 heteroatoms. The zero-order valence-electron chi connectivity index (χ0n) is 9.35. The SMILES string of the molecule is c1ccc2c(c1)CC1(Cc3ccccc3S1)S2. The van der Waals surface area contributed by atoms with Crippen LogP contribution in [0.25, 0.3) is 0 Å². The third kappa shape index (κ3) is 1.54. The second kappa shape index (κ2) is 3.56. The van der Waals surface area contributed by atoms with Crippen LogP contribution in [0.15, 0.2) is 58.3 Å². The molecule has 0 unspecified atom stereocenters. The first-order valence-corrected chi connectivity index (χ1v) is 7.52. The average molecular weight is 256 g/mol. The van der Waals surface area contributed by atoms with Gasteiger partial charge in [0.15, 0.2) is 0 Å². The van der Waals surface area contributed by atoms with E-state index in [0.717, 1.165) is 0 Å². The highest BCUT2D eigenvalue weighted by Gasteiger charge is 2.43. The van der Waals surface area contributed by atoms with Crippen molar-refractivity contribution in [2.24, 2.45) is 0 Å². The summed E-state index contributed by atoms with van der Waals surface area (Å²) < 4.78 is 0.341. The van der Waals surface area contributed by atoms with Crippen molar-refractivity contribution in [2.75, 3.05) is 0 Å². The molecule has 2 aliphatic rings. The van der Waals surface area contributed by atoms with E-state index in [4.69, 9.17) is 0 Å². The van der Waals surface area contributed by atoms with Gasteiger partial charge in [-0.1, -0.05) is 36.4 Å². The molecule has 17 heavy (non-hydrogen) atoms. The van der Waals surface area contributed by atoms with Crippen molar-refractivity contribution in [1.29, 1.82) is 0 Å². The Morgan fingerprint density at radius 2 is 1.18 bits per heavy atom. The van der Waals surface area contributed by atoms with Crippen molar-refractivity contribution in [1.82, 2.24) is 0 Å².